The van der Waals surface area contributed by atoms with E-state index in [1.807, 2.05) is 62.6 Å². The van der Waals surface area contributed by atoms with Crippen molar-refractivity contribution in [2.45, 2.75) is 12.6 Å². The number of methoxy groups -OCH3 is 1. The van der Waals surface area contributed by atoms with Gasteiger partial charge in [0.1, 0.15) is 0 Å². The largest absolute Gasteiger partial charge is 0.378 e. The maximum atomic E-state index is 13.0. The number of fused-ring (bicyclic) bond motifs is 5. The van der Waals surface area contributed by atoms with Gasteiger partial charge in [-0.25, -0.2) is 0 Å². The summed E-state index contributed by atoms with van der Waals surface area (Å²) in [7, 11) is 5.73. The van der Waals surface area contributed by atoms with Gasteiger partial charge in [-0.15, -0.1) is 0 Å². The zero-order chi connectivity index (χ0) is 23.3. The first-order valence-electron chi connectivity index (χ1n) is 10.8. The number of carbonyl (C=O) groups excluding carboxylic acids is 2. The Balaban J connectivity index is 1.88. The molecule has 0 saturated carbocycles. The van der Waals surface area contributed by atoms with Gasteiger partial charge in [0.15, 0.2) is 0 Å². The average molecular weight is 462 g/mol. The minimum atomic E-state index is -0.397. The molecule has 0 aliphatic carbocycles. The Bertz CT molecular complexity index is 1420. The van der Waals surface area contributed by atoms with Crippen molar-refractivity contribution in [3.63, 3.8) is 0 Å². The minimum Gasteiger partial charge on any atom is -0.378 e. The number of benzene rings is 3. The molecule has 5 rings (SSSR count). The third-order valence-corrected chi connectivity index (χ3v) is 6.52. The third kappa shape index (κ3) is 3.51. The molecule has 1 unspecified atom stereocenters. The Hall–Kier alpha value is -3.19. The third-order valence-electron chi connectivity index (χ3n) is 6.20. The molecule has 0 spiro atoms. The lowest BCUT2D eigenvalue weighted by molar-refractivity contribution is 0.0668. The zero-order valence-corrected chi connectivity index (χ0v) is 19.4. The second-order valence-corrected chi connectivity index (χ2v) is 8.99. The fourth-order valence-corrected chi connectivity index (χ4v) is 5.04. The molecular weight excluding hydrogens is 438 g/mol. The standard InChI is InChI=1S/C26H24ClN3O3/c1-29(2)13-15(33-3)14-30-20-11-7-5-9-17(20)22-21(30)12-18(16-8-4-6-10-19(16)27)23-24(22)26(32)28-25(23)31/h4-12,15H,13-14H2,1-3H3,(H,28,31,32). The first-order chi connectivity index (χ1) is 15.9. The van der Waals surface area contributed by atoms with Crippen LogP contribution < -0.4 is 5.32 Å². The van der Waals surface area contributed by atoms with E-state index in [1.165, 1.54) is 0 Å². The van der Waals surface area contributed by atoms with E-state index in [2.05, 4.69) is 14.8 Å². The number of nitrogens with one attached hydrogen (secondary N) is 1. The number of amides is 2. The molecule has 1 aromatic heterocycles. The number of carbonyl (C=O) groups is 2. The van der Waals surface area contributed by atoms with Gasteiger partial charge < -0.3 is 14.2 Å². The number of hydrogen-bond donors (Lipinski definition) is 1. The van der Waals surface area contributed by atoms with Gasteiger partial charge in [-0.1, -0.05) is 48.0 Å². The molecule has 3 aromatic carbocycles. The summed E-state index contributed by atoms with van der Waals surface area (Å²) >= 11 is 6.53. The average Bonchev–Trinajstić information content (AvgIpc) is 3.26. The van der Waals surface area contributed by atoms with Gasteiger partial charge in [0.2, 0.25) is 0 Å². The second kappa shape index (κ2) is 8.30. The topological polar surface area (TPSA) is 63.6 Å². The van der Waals surface area contributed by atoms with Crippen LogP contribution in [-0.4, -0.2) is 55.1 Å². The molecule has 1 aliphatic rings. The molecule has 2 amide bonds. The van der Waals surface area contributed by atoms with Crippen molar-refractivity contribution in [3.05, 3.63) is 70.7 Å². The second-order valence-electron chi connectivity index (χ2n) is 8.58. The normalized spacial score (nSPS) is 14.3. The summed E-state index contributed by atoms with van der Waals surface area (Å²) in [6, 6.07) is 17.3. The van der Waals surface area contributed by atoms with Crippen molar-refractivity contribution in [3.8, 4) is 11.1 Å². The highest BCUT2D eigenvalue weighted by Crippen LogP contribution is 2.42. The Morgan fingerprint density at radius 1 is 0.970 bits per heavy atom. The quantitative estimate of drug-likeness (QED) is 0.427. The van der Waals surface area contributed by atoms with Crippen molar-refractivity contribution >= 4 is 45.2 Å². The van der Waals surface area contributed by atoms with Crippen LogP contribution in [0.25, 0.3) is 32.9 Å². The number of aromatic nitrogens is 1. The molecule has 7 heteroatoms. The molecular formula is C26H24ClN3O3. The molecule has 0 saturated heterocycles. The summed E-state index contributed by atoms with van der Waals surface area (Å²) in [6.45, 7) is 1.33. The van der Waals surface area contributed by atoms with Crippen LogP contribution in [0.2, 0.25) is 5.02 Å². The molecule has 4 aromatic rings. The van der Waals surface area contributed by atoms with Crippen LogP contribution >= 0.6 is 11.6 Å². The molecule has 6 nitrogen and oxygen atoms in total. The summed E-state index contributed by atoms with van der Waals surface area (Å²) in [4.78, 5) is 28.0. The first kappa shape index (κ1) is 21.6. The summed E-state index contributed by atoms with van der Waals surface area (Å²) in [5.41, 5.74) is 4.01. The van der Waals surface area contributed by atoms with Gasteiger partial charge in [0.25, 0.3) is 11.8 Å². The SMILES string of the molecule is COC(CN(C)C)Cn1c2ccccc2c2c3c(c(-c4ccccc4Cl)cc21)C(=O)NC3=O. The Kier molecular flexibility index (Phi) is 5.44. The molecule has 1 aliphatic heterocycles. The van der Waals surface area contributed by atoms with Crippen LogP contribution in [0.4, 0.5) is 0 Å². The molecule has 1 N–H and O–H groups in total. The highest BCUT2D eigenvalue weighted by molar-refractivity contribution is 6.36. The van der Waals surface area contributed by atoms with Crippen molar-refractivity contribution in [1.82, 2.24) is 14.8 Å². The van der Waals surface area contributed by atoms with Gasteiger partial charge in [-0.3, -0.25) is 14.9 Å². The van der Waals surface area contributed by atoms with Crippen LogP contribution in [-0.2, 0) is 11.3 Å². The van der Waals surface area contributed by atoms with E-state index >= 15 is 0 Å². The van der Waals surface area contributed by atoms with Crippen molar-refractivity contribution in [1.29, 1.82) is 0 Å². The van der Waals surface area contributed by atoms with Gasteiger partial charge in [-0.05, 0) is 37.9 Å². The molecule has 0 radical (unpaired) electrons. The highest BCUT2D eigenvalue weighted by Gasteiger charge is 2.35. The zero-order valence-electron chi connectivity index (χ0n) is 18.7. The number of hydrogen-bond acceptors (Lipinski definition) is 4. The molecule has 33 heavy (non-hydrogen) atoms. The predicted octanol–water partition coefficient (Wildman–Crippen LogP) is 4.58. The van der Waals surface area contributed by atoms with Gasteiger partial charge in [0, 0.05) is 40.5 Å². The van der Waals surface area contributed by atoms with Crippen LogP contribution in [0, 0.1) is 0 Å². The molecule has 0 fully saturated rings. The van der Waals surface area contributed by atoms with Crippen molar-refractivity contribution in [2.75, 3.05) is 27.7 Å². The first-order valence-corrected chi connectivity index (χ1v) is 11.1. The summed E-state index contributed by atoms with van der Waals surface area (Å²) in [6.07, 6.45) is -0.0634. The molecule has 168 valence electrons. The molecule has 1 atom stereocenters. The monoisotopic (exact) mass is 461 g/mol. The van der Waals surface area contributed by atoms with Gasteiger partial charge in [0.05, 0.1) is 29.3 Å². The van der Waals surface area contributed by atoms with Gasteiger partial charge in [-0.2, -0.15) is 0 Å². The Morgan fingerprint density at radius 2 is 1.67 bits per heavy atom. The number of nitrogens with zero attached hydrogens (tertiary/aromatic N) is 2. The van der Waals surface area contributed by atoms with E-state index in [0.717, 1.165) is 33.9 Å². The highest BCUT2D eigenvalue weighted by atomic mass is 35.5. The summed E-state index contributed by atoms with van der Waals surface area (Å²) in [5, 5.41) is 4.73. The summed E-state index contributed by atoms with van der Waals surface area (Å²) in [5.74, 6) is -0.778. The van der Waals surface area contributed by atoms with Crippen LogP contribution in [0.15, 0.2) is 54.6 Å². The number of imide groups is 1. The van der Waals surface area contributed by atoms with Crippen molar-refractivity contribution < 1.29 is 14.3 Å². The number of ether oxygens (including phenoxy) is 1. The van der Waals surface area contributed by atoms with E-state index in [4.69, 9.17) is 16.3 Å². The van der Waals surface area contributed by atoms with Crippen LogP contribution in [0.1, 0.15) is 20.7 Å². The van der Waals surface area contributed by atoms with Gasteiger partial charge >= 0.3 is 0 Å². The van der Waals surface area contributed by atoms with E-state index in [-0.39, 0.29) is 12.0 Å². The van der Waals surface area contributed by atoms with Crippen LogP contribution in [0.3, 0.4) is 0 Å². The fraction of sp³-hybridized carbons (Fsp3) is 0.231. The summed E-state index contributed by atoms with van der Waals surface area (Å²) < 4.78 is 7.96. The fourth-order valence-electron chi connectivity index (χ4n) is 4.80. The van der Waals surface area contributed by atoms with E-state index in [1.54, 1.807) is 13.2 Å². The van der Waals surface area contributed by atoms with E-state index in [0.29, 0.717) is 28.3 Å². The molecule has 0 bridgehead atoms. The number of halogens is 1. The smallest absolute Gasteiger partial charge is 0.259 e. The van der Waals surface area contributed by atoms with Crippen LogP contribution in [0.5, 0.6) is 0 Å². The number of para-hydroxylation sites is 1. The predicted molar refractivity (Wildman–Crippen MR) is 131 cm³/mol. The Morgan fingerprint density at radius 3 is 2.39 bits per heavy atom. The molecule has 2 heterocycles. The maximum Gasteiger partial charge on any atom is 0.259 e. The maximum absolute atomic E-state index is 13.0. The lowest BCUT2D eigenvalue weighted by atomic mass is 9.93. The Labute approximate surface area is 196 Å². The van der Waals surface area contributed by atoms with Crippen molar-refractivity contribution in [2.24, 2.45) is 0 Å². The lowest BCUT2D eigenvalue weighted by Crippen LogP contribution is -2.31. The number of likely N-dealkylation sites (N-methyl/N-ethyl adjacent to an activating group) is 1. The number of rotatable bonds is 6. The lowest BCUT2D eigenvalue weighted by Gasteiger charge is -2.21. The van der Waals surface area contributed by atoms with E-state index < -0.39 is 5.91 Å². The minimum absolute atomic E-state index is 0.0634. The van der Waals surface area contributed by atoms with E-state index in [9.17, 15) is 9.59 Å².